The minimum absolute atomic E-state index is 0.0766. The van der Waals surface area contributed by atoms with E-state index in [9.17, 15) is 5.26 Å². The van der Waals surface area contributed by atoms with Crippen LogP contribution in [0, 0.1) is 28.9 Å². The number of nitrogens with one attached hydrogen (secondary N) is 2. The van der Waals surface area contributed by atoms with Crippen LogP contribution in [0.15, 0.2) is 66.9 Å². The third kappa shape index (κ3) is 6.17. The van der Waals surface area contributed by atoms with E-state index in [1.807, 2.05) is 36.4 Å². The molecular formula is C33H31F2N7O. The Morgan fingerprint density at radius 2 is 1.84 bits per heavy atom. The zero-order valence-electron chi connectivity index (χ0n) is 23.8. The number of aromatic nitrogens is 4. The molecule has 0 amide bonds. The molecule has 218 valence electrons. The van der Waals surface area contributed by atoms with Crippen LogP contribution in [-0.2, 0) is 19.4 Å². The molecular weight excluding hydrogens is 548 g/mol. The molecule has 0 unspecified atom stereocenters. The summed E-state index contributed by atoms with van der Waals surface area (Å²) in [6.45, 7) is 2.36. The third-order valence-electron chi connectivity index (χ3n) is 7.90. The first-order valence-electron chi connectivity index (χ1n) is 14.3. The molecule has 6 rings (SSSR count). The molecule has 3 heterocycles. The molecule has 1 aliphatic heterocycles. The van der Waals surface area contributed by atoms with E-state index in [1.165, 1.54) is 12.1 Å². The normalized spacial score (nSPS) is 13.6. The van der Waals surface area contributed by atoms with Crippen LogP contribution in [0.4, 0.5) is 14.6 Å². The van der Waals surface area contributed by atoms with Crippen molar-refractivity contribution >= 4 is 11.5 Å². The van der Waals surface area contributed by atoms with Crippen molar-refractivity contribution in [2.24, 2.45) is 5.92 Å². The number of piperidine rings is 1. The lowest BCUT2D eigenvalue weighted by atomic mass is 9.88. The molecule has 0 atom stereocenters. The summed E-state index contributed by atoms with van der Waals surface area (Å²) < 4.78 is 37.2. The second-order valence-electron chi connectivity index (χ2n) is 10.7. The lowest BCUT2D eigenvalue weighted by Crippen LogP contribution is -2.28. The van der Waals surface area contributed by atoms with Crippen LogP contribution in [0.1, 0.15) is 40.9 Å². The summed E-state index contributed by atoms with van der Waals surface area (Å²) in [5.74, 6) is 1.11. The highest BCUT2D eigenvalue weighted by Crippen LogP contribution is 2.28. The van der Waals surface area contributed by atoms with Gasteiger partial charge < -0.3 is 15.4 Å². The molecule has 0 aliphatic carbocycles. The molecule has 0 bridgehead atoms. The maximum Gasteiger partial charge on any atom is 0.198 e. The van der Waals surface area contributed by atoms with Crippen LogP contribution in [0.5, 0.6) is 5.75 Å². The first kappa shape index (κ1) is 28.2. The molecule has 10 heteroatoms. The fraction of sp³-hybridized carbons (Fsp3) is 0.273. The maximum absolute atomic E-state index is 15.2. The Morgan fingerprint density at radius 3 is 2.60 bits per heavy atom. The van der Waals surface area contributed by atoms with Gasteiger partial charge in [0.05, 0.1) is 24.6 Å². The molecule has 0 radical (unpaired) electrons. The van der Waals surface area contributed by atoms with Gasteiger partial charge in [-0.3, -0.25) is 0 Å². The Morgan fingerprint density at radius 1 is 1.05 bits per heavy atom. The predicted molar refractivity (Wildman–Crippen MR) is 160 cm³/mol. The van der Waals surface area contributed by atoms with Crippen LogP contribution >= 0.6 is 0 Å². The molecule has 1 aliphatic rings. The van der Waals surface area contributed by atoms with E-state index in [0.717, 1.165) is 49.2 Å². The van der Waals surface area contributed by atoms with Gasteiger partial charge >= 0.3 is 0 Å². The Bertz CT molecular complexity index is 1790. The minimum Gasteiger partial charge on any atom is -0.497 e. The number of nitriles is 1. The van der Waals surface area contributed by atoms with Crippen molar-refractivity contribution in [2.75, 3.05) is 25.5 Å². The van der Waals surface area contributed by atoms with E-state index in [0.29, 0.717) is 35.3 Å². The van der Waals surface area contributed by atoms with Crippen molar-refractivity contribution in [3.63, 3.8) is 0 Å². The zero-order valence-corrected chi connectivity index (χ0v) is 23.8. The number of anilines is 1. The molecule has 0 spiro atoms. The van der Waals surface area contributed by atoms with Crippen molar-refractivity contribution in [3.8, 4) is 23.1 Å². The molecule has 5 aromatic rings. The average molecular weight is 580 g/mol. The fourth-order valence-electron chi connectivity index (χ4n) is 5.55. The summed E-state index contributed by atoms with van der Waals surface area (Å²) in [4.78, 5) is 9.45. The van der Waals surface area contributed by atoms with E-state index in [1.54, 1.807) is 36.0 Å². The Kier molecular flexibility index (Phi) is 8.24. The number of methoxy groups -OCH3 is 1. The molecule has 3 aromatic carbocycles. The minimum atomic E-state index is -0.660. The fourth-order valence-corrected chi connectivity index (χ4v) is 5.55. The monoisotopic (exact) mass is 579 g/mol. The van der Waals surface area contributed by atoms with E-state index in [2.05, 4.69) is 15.7 Å². The first-order chi connectivity index (χ1) is 21.0. The summed E-state index contributed by atoms with van der Waals surface area (Å²) >= 11 is 0. The van der Waals surface area contributed by atoms with Crippen LogP contribution in [0.2, 0.25) is 0 Å². The third-order valence-corrected chi connectivity index (χ3v) is 7.90. The number of ether oxygens (including phenoxy) is 1. The van der Waals surface area contributed by atoms with Gasteiger partial charge in [0.25, 0.3) is 0 Å². The lowest BCUT2D eigenvalue weighted by Gasteiger charge is -2.23. The predicted octanol–water partition coefficient (Wildman–Crippen LogP) is 5.69. The summed E-state index contributed by atoms with van der Waals surface area (Å²) in [6, 6.07) is 19.3. The molecule has 2 N–H and O–H groups in total. The van der Waals surface area contributed by atoms with Crippen molar-refractivity contribution in [1.82, 2.24) is 24.9 Å². The van der Waals surface area contributed by atoms with Crippen molar-refractivity contribution < 1.29 is 13.5 Å². The van der Waals surface area contributed by atoms with Crippen LogP contribution in [0.3, 0.4) is 0 Å². The highest BCUT2D eigenvalue weighted by Gasteiger charge is 2.21. The van der Waals surface area contributed by atoms with Crippen LogP contribution in [-0.4, -0.2) is 39.8 Å². The molecule has 43 heavy (non-hydrogen) atoms. The molecule has 8 nitrogen and oxygen atoms in total. The van der Waals surface area contributed by atoms with E-state index in [4.69, 9.17) is 14.7 Å². The Hall–Kier alpha value is -4.88. The van der Waals surface area contributed by atoms with E-state index in [-0.39, 0.29) is 29.1 Å². The molecule has 1 saturated heterocycles. The first-order valence-corrected chi connectivity index (χ1v) is 14.3. The molecule has 1 fully saturated rings. The van der Waals surface area contributed by atoms with Crippen LogP contribution < -0.4 is 15.4 Å². The van der Waals surface area contributed by atoms with Crippen LogP contribution in [0.25, 0.3) is 16.9 Å². The highest BCUT2D eigenvalue weighted by atomic mass is 19.1. The second-order valence-corrected chi connectivity index (χ2v) is 10.7. The van der Waals surface area contributed by atoms with Gasteiger partial charge in [-0.05, 0) is 85.3 Å². The summed E-state index contributed by atoms with van der Waals surface area (Å²) in [5, 5.41) is 20.7. The van der Waals surface area contributed by atoms with E-state index < -0.39 is 5.82 Å². The summed E-state index contributed by atoms with van der Waals surface area (Å²) in [6.07, 6.45) is 4.71. The number of rotatable bonds is 9. The maximum atomic E-state index is 15.2. The summed E-state index contributed by atoms with van der Waals surface area (Å²) in [7, 11) is 1.61. The number of benzene rings is 3. The van der Waals surface area contributed by atoms with Crippen molar-refractivity contribution in [3.05, 3.63) is 107 Å². The smallest absolute Gasteiger partial charge is 0.198 e. The Labute approximate surface area is 248 Å². The summed E-state index contributed by atoms with van der Waals surface area (Å²) in [5.41, 5.74) is 3.34. The number of hydrogen-bond acceptors (Lipinski definition) is 7. The molecule has 0 saturated carbocycles. The van der Waals surface area contributed by atoms with Gasteiger partial charge in [0, 0.05) is 18.5 Å². The number of fused-ring (bicyclic) bond motifs is 1. The molecule has 2 aromatic heterocycles. The standard InChI is InChI=1S/C33H31F2N7O/c1-43-25-10-8-22(9-11-25)19-38-32-33-40-30(17-27-23(4-3-7-28(27)34)16-21-12-14-37-15-13-21)41-42(33)20-29(39-32)26-6-2-5-24(18-36)31(26)35/h2-11,20-21,37H,12-17,19H2,1H3,(H,38,39). The van der Waals surface area contributed by atoms with Gasteiger partial charge in [0.2, 0.25) is 0 Å². The van der Waals surface area contributed by atoms with E-state index >= 15 is 8.78 Å². The topological polar surface area (TPSA) is 100 Å². The average Bonchev–Trinajstić information content (AvgIpc) is 3.45. The quantitative estimate of drug-likeness (QED) is 0.231. The van der Waals surface area contributed by atoms with Gasteiger partial charge in [0.1, 0.15) is 23.5 Å². The SMILES string of the molecule is COc1ccc(CNc2nc(-c3cccc(C#N)c3F)cn3nc(Cc4c(F)cccc4CC4CCNCC4)nc23)cc1. The second kappa shape index (κ2) is 12.5. The lowest BCUT2D eigenvalue weighted by molar-refractivity contribution is 0.371. The van der Waals surface area contributed by atoms with Crippen molar-refractivity contribution in [1.29, 1.82) is 5.26 Å². The largest absolute Gasteiger partial charge is 0.497 e. The van der Waals surface area contributed by atoms with Gasteiger partial charge in [-0.1, -0.05) is 30.3 Å². The number of nitrogens with zero attached hydrogens (tertiary/aromatic N) is 5. The van der Waals surface area contributed by atoms with Gasteiger partial charge in [-0.25, -0.2) is 23.3 Å². The van der Waals surface area contributed by atoms with Gasteiger partial charge in [-0.2, -0.15) is 10.4 Å². The van der Waals surface area contributed by atoms with Crippen molar-refractivity contribution in [2.45, 2.75) is 32.2 Å². The highest BCUT2D eigenvalue weighted by molar-refractivity contribution is 5.70. The Balaban J connectivity index is 1.37. The zero-order chi connectivity index (χ0) is 29.8. The van der Waals surface area contributed by atoms with Gasteiger partial charge in [-0.15, -0.1) is 0 Å². The number of hydrogen-bond donors (Lipinski definition) is 2. The van der Waals surface area contributed by atoms with Gasteiger partial charge in [0.15, 0.2) is 17.3 Å². The number of halogens is 2.